The van der Waals surface area contributed by atoms with Crippen molar-refractivity contribution in [2.45, 2.75) is 90.0 Å². The SMILES string of the molecule is CCCCCCC(N)(CCN)CCCCCC. The first-order valence-electron chi connectivity index (χ1n) is 7.67. The molecule has 0 fully saturated rings. The highest BCUT2D eigenvalue weighted by Crippen LogP contribution is 2.23. The van der Waals surface area contributed by atoms with Crippen molar-refractivity contribution >= 4 is 0 Å². The Labute approximate surface area is 109 Å². The summed E-state index contributed by atoms with van der Waals surface area (Å²) in [5.41, 5.74) is 12.2. The zero-order valence-electron chi connectivity index (χ0n) is 12.1. The van der Waals surface area contributed by atoms with Crippen molar-refractivity contribution in [1.29, 1.82) is 0 Å². The van der Waals surface area contributed by atoms with Crippen molar-refractivity contribution in [3.05, 3.63) is 0 Å². The van der Waals surface area contributed by atoms with Gasteiger partial charge in [0.15, 0.2) is 0 Å². The molecule has 0 aliphatic heterocycles. The summed E-state index contributed by atoms with van der Waals surface area (Å²) in [5.74, 6) is 0. The highest BCUT2D eigenvalue weighted by Gasteiger charge is 2.22. The van der Waals surface area contributed by atoms with Gasteiger partial charge in [0.1, 0.15) is 0 Å². The lowest BCUT2D eigenvalue weighted by Gasteiger charge is -2.29. The Balaban J connectivity index is 3.80. The summed E-state index contributed by atoms with van der Waals surface area (Å²) in [4.78, 5) is 0. The molecule has 2 nitrogen and oxygen atoms in total. The van der Waals surface area contributed by atoms with Crippen LogP contribution in [-0.4, -0.2) is 12.1 Å². The molecule has 0 aromatic carbocycles. The molecule has 0 saturated carbocycles. The fraction of sp³-hybridized carbons (Fsp3) is 1.00. The third kappa shape index (κ3) is 9.61. The van der Waals surface area contributed by atoms with Crippen LogP contribution in [0.2, 0.25) is 0 Å². The maximum atomic E-state index is 6.49. The van der Waals surface area contributed by atoms with Crippen molar-refractivity contribution in [3.8, 4) is 0 Å². The van der Waals surface area contributed by atoms with Gasteiger partial charge in [-0.3, -0.25) is 0 Å². The van der Waals surface area contributed by atoms with E-state index in [0.717, 1.165) is 25.8 Å². The second-order valence-corrected chi connectivity index (χ2v) is 5.52. The third-order valence-electron chi connectivity index (χ3n) is 3.70. The zero-order valence-corrected chi connectivity index (χ0v) is 12.1. The summed E-state index contributed by atoms with van der Waals surface area (Å²) in [6.45, 7) is 5.23. The third-order valence-corrected chi connectivity index (χ3v) is 3.70. The molecule has 0 amide bonds. The Morgan fingerprint density at radius 3 is 1.53 bits per heavy atom. The van der Waals surface area contributed by atoms with Crippen LogP contribution in [0.4, 0.5) is 0 Å². The van der Waals surface area contributed by atoms with Crippen LogP contribution in [0.3, 0.4) is 0 Å². The average Bonchev–Trinajstić information content (AvgIpc) is 2.31. The van der Waals surface area contributed by atoms with Crippen molar-refractivity contribution in [3.63, 3.8) is 0 Å². The molecule has 0 aromatic rings. The fourth-order valence-corrected chi connectivity index (χ4v) is 2.47. The van der Waals surface area contributed by atoms with E-state index in [1.165, 1.54) is 51.4 Å². The summed E-state index contributed by atoms with van der Waals surface area (Å²) in [7, 11) is 0. The van der Waals surface area contributed by atoms with Gasteiger partial charge in [0, 0.05) is 5.54 Å². The number of rotatable bonds is 12. The van der Waals surface area contributed by atoms with Gasteiger partial charge in [-0.1, -0.05) is 65.2 Å². The molecule has 0 radical (unpaired) electrons. The van der Waals surface area contributed by atoms with Crippen LogP contribution < -0.4 is 11.5 Å². The molecule has 0 unspecified atom stereocenters. The standard InChI is InChI=1S/C15H34N2/c1-3-5-7-9-11-15(17,13-14-16)12-10-8-6-4-2/h3-14,16-17H2,1-2H3. The molecule has 0 spiro atoms. The number of nitrogens with two attached hydrogens (primary N) is 2. The van der Waals surface area contributed by atoms with E-state index in [4.69, 9.17) is 11.5 Å². The molecule has 0 heterocycles. The predicted molar refractivity (Wildman–Crippen MR) is 78.1 cm³/mol. The molecule has 0 atom stereocenters. The lowest BCUT2D eigenvalue weighted by molar-refractivity contribution is 0.319. The van der Waals surface area contributed by atoms with Gasteiger partial charge >= 0.3 is 0 Å². The minimum atomic E-state index is 0.0240. The van der Waals surface area contributed by atoms with E-state index in [0.29, 0.717) is 0 Å². The Kier molecular flexibility index (Phi) is 11.0. The summed E-state index contributed by atoms with van der Waals surface area (Å²) in [6, 6.07) is 0. The molecular weight excluding hydrogens is 208 g/mol. The largest absolute Gasteiger partial charge is 0.330 e. The van der Waals surface area contributed by atoms with Crippen molar-refractivity contribution in [2.75, 3.05) is 6.54 Å². The maximum absolute atomic E-state index is 6.49. The lowest BCUT2D eigenvalue weighted by Crippen LogP contribution is -2.41. The smallest absolute Gasteiger partial charge is 0.0166 e. The van der Waals surface area contributed by atoms with Crippen molar-refractivity contribution < 1.29 is 0 Å². The normalized spacial score (nSPS) is 12.0. The van der Waals surface area contributed by atoms with Crippen molar-refractivity contribution in [1.82, 2.24) is 0 Å². The van der Waals surface area contributed by atoms with E-state index in [-0.39, 0.29) is 5.54 Å². The molecule has 17 heavy (non-hydrogen) atoms. The van der Waals surface area contributed by atoms with E-state index >= 15 is 0 Å². The molecule has 0 aliphatic rings. The fourth-order valence-electron chi connectivity index (χ4n) is 2.47. The summed E-state index contributed by atoms with van der Waals surface area (Å²) >= 11 is 0. The van der Waals surface area contributed by atoms with Crippen LogP contribution in [0.15, 0.2) is 0 Å². The number of hydrogen-bond acceptors (Lipinski definition) is 2. The van der Waals surface area contributed by atoms with Crippen LogP contribution in [0.5, 0.6) is 0 Å². The Bertz CT molecular complexity index is 145. The zero-order chi connectivity index (χ0) is 13.0. The highest BCUT2D eigenvalue weighted by atomic mass is 14.7. The first kappa shape index (κ1) is 16.9. The van der Waals surface area contributed by atoms with Gasteiger partial charge in [0.2, 0.25) is 0 Å². The summed E-state index contributed by atoms with van der Waals surface area (Å²) in [6.07, 6.45) is 13.8. The monoisotopic (exact) mass is 242 g/mol. The lowest BCUT2D eigenvalue weighted by atomic mass is 9.84. The number of unbranched alkanes of at least 4 members (excludes halogenated alkanes) is 6. The van der Waals surface area contributed by atoms with E-state index in [2.05, 4.69) is 13.8 Å². The van der Waals surface area contributed by atoms with E-state index < -0.39 is 0 Å². The molecule has 4 N–H and O–H groups in total. The molecule has 0 bridgehead atoms. The van der Waals surface area contributed by atoms with Gasteiger partial charge < -0.3 is 11.5 Å². The predicted octanol–water partition coefficient (Wildman–Crippen LogP) is 3.97. The van der Waals surface area contributed by atoms with Gasteiger partial charge in [-0.25, -0.2) is 0 Å². The Morgan fingerprint density at radius 2 is 1.18 bits per heavy atom. The Hall–Kier alpha value is -0.0800. The summed E-state index contributed by atoms with van der Waals surface area (Å²) in [5, 5.41) is 0. The maximum Gasteiger partial charge on any atom is 0.0166 e. The molecular formula is C15H34N2. The van der Waals surface area contributed by atoms with Crippen LogP contribution in [0.25, 0.3) is 0 Å². The van der Waals surface area contributed by atoms with Crippen molar-refractivity contribution in [2.24, 2.45) is 11.5 Å². The molecule has 0 aliphatic carbocycles. The topological polar surface area (TPSA) is 52.0 Å². The van der Waals surface area contributed by atoms with Crippen LogP contribution in [-0.2, 0) is 0 Å². The second kappa shape index (κ2) is 11.0. The van der Waals surface area contributed by atoms with Gasteiger partial charge in [-0.05, 0) is 25.8 Å². The first-order chi connectivity index (χ1) is 8.18. The van der Waals surface area contributed by atoms with Crippen LogP contribution in [0.1, 0.15) is 84.5 Å². The van der Waals surface area contributed by atoms with E-state index in [1.54, 1.807) is 0 Å². The van der Waals surface area contributed by atoms with Crippen LogP contribution in [0, 0.1) is 0 Å². The molecule has 104 valence electrons. The molecule has 0 aromatic heterocycles. The van der Waals surface area contributed by atoms with Gasteiger partial charge in [0.05, 0.1) is 0 Å². The van der Waals surface area contributed by atoms with E-state index in [9.17, 15) is 0 Å². The van der Waals surface area contributed by atoms with Gasteiger partial charge in [-0.2, -0.15) is 0 Å². The molecule has 2 heteroatoms. The second-order valence-electron chi connectivity index (χ2n) is 5.52. The molecule has 0 rings (SSSR count). The quantitative estimate of drug-likeness (QED) is 0.509. The minimum Gasteiger partial charge on any atom is -0.330 e. The summed E-state index contributed by atoms with van der Waals surface area (Å²) < 4.78 is 0. The van der Waals surface area contributed by atoms with Gasteiger partial charge in [-0.15, -0.1) is 0 Å². The molecule has 0 saturated heterocycles. The first-order valence-corrected chi connectivity index (χ1v) is 7.67. The van der Waals surface area contributed by atoms with Crippen LogP contribution >= 0.6 is 0 Å². The van der Waals surface area contributed by atoms with Gasteiger partial charge in [0.25, 0.3) is 0 Å². The van der Waals surface area contributed by atoms with E-state index in [1.807, 2.05) is 0 Å². The Morgan fingerprint density at radius 1 is 0.706 bits per heavy atom. The average molecular weight is 242 g/mol. The minimum absolute atomic E-state index is 0.0240. The number of hydrogen-bond donors (Lipinski definition) is 2. The highest BCUT2D eigenvalue weighted by molar-refractivity contribution is 4.84.